The minimum atomic E-state index is 0.399. The van der Waals surface area contributed by atoms with E-state index in [1.807, 2.05) is 60.7 Å². The molecule has 0 radical (unpaired) electrons. The standard InChI is InChI=1S/C18H12N6O/c1-2-7-13(8-3-1)24-11-16(21-23-24)17-20-18(25-22-17)15-10-12-6-4-5-9-14(12)19-15/h1-11,19H. The highest BCUT2D eigenvalue weighted by Gasteiger charge is 2.15. The third-order valence-corrected chi connectivity index (χ3v) is 3.93. The molecule has 0 amide bonds. The van der Waals surface area contributed by atoms with Gasteiger partial charge in [0.25, 0.3) is 5.89 Å². The lowest BCUT2D eigenvalue weighted by molar-refractivity contribution is 0.431. The van der Waals surface area contributed by atoms with Crippen molar-refractivity contribution in [2.45, 2.75) is 0 Å². The maximum Gasteiger partial charge on any atom is 0.274 e. The van der Waals surface area contributed by atoms with Crippen molar-refractivity contribution >= 4 is 10.9 Å². The maximum atomic E-state index is 5.38. The molecule has 3 heterocycles. The quantitative estimate of drug-likeness (QED) is 0.548. The number of hydrogen-bond donors (Lipinski definition) is 1. The van der Waals surface area contributed by atoms with Gasteiger partial charge in [0.2, 0.25) is 5.82 Å². The van der Waals surface area contributed by atoms with E-state index < -0.39 is 0 Å². The molecule has 0 atom stereocenters. The Balaban J connectivity index is 1.49. The number of nitrogens with zero attached hydrogens (tertiary/aromatic N) is 5. The van der Waals surface area contributed by atoms with E-state index in [0.29, 0.717) is 17.4 Å². The molecule has 25 heavy (non-hydrogen) atoms. The zero-order chi connectivity index (χ0) is 16.6. The second kappa shape index (κ2) is 5.41. The normalized spacial score (nSPS) is 11.2. The summed E-state index contributed by atoms with van der Waals surface area (Å²) in [5, 5.41) is 13.4. The first-order valence-electron chi connectivity index (χ1n) is 7.77. The van der Waals surface area contributed by atoms with E-state index in [0.717, 1.165) is 22.3 Å². The van der Waals surface area contributed by atoms with Crippen molar-refractivity contribution in [3.8, 4) is 28.8 Å². The van der Waals surface area contributed by atoms with E-state index in [1.54, 1.807) is 10.9 Å². The van der Waals surface area contributed by atoms with Crippen LogP contribution in [0, 0.1) is 0 Å². The van der Waals surface area contributed by atoms with Gasteiger partial charge in [0, 0.05) is 10.9 Å². The van der Waals surface area contributed by atoms with Gasteiger partial charge in [-0.3, -0.25) is 0 Å². The zero-order valence-corrected chi connectivity index (χ0v) is 13.0. The first kappa shape index (κ1) is 13.7. The van der Waals surface area contributed by atoms with E-state index >= 15 is 0 Å². The highest BCUT2D eigenvalue weighted by atomic mass is 16.5. The molecule has 3 aromatic heterocycles. The van der Waals surface area contributed by atoms with E-state index in [2.05, 4.69) is 25.4 Å². The van der Waals surface area contributed by atoms with Gasteiger partial charge >= 0.3 is 0 Å². The van der Waals surface area contributed by atoms with Crippen LogP contribution in [0.25, 0.3) is 39.7 Å². The Morgan fingerprint density at radius 3 is 2.68 bits per heavy atom. The summed E-state index contributed by atoms with van der Waals surface area (Å²) in [6, 6.07) is 19.7. The molecule has 1 N–H and O–H groups in total. The summed E-state index contributed by atoms with van der Waals surface area (Å²) in [6.45, 7) is 0. The Morgan fingerprint density at radius 1 is 0.960 bits per heavy atom. The molecule has 0 bridgehead atoms. The van der Waals surface area contributed by atoms with Crippen LogP contribution in [0.15, 0.2) is 71.4 Å². The van der Waals surface area contributed by atoms with Crippen LogP contribution in [-0.4, -0.2) is 30.1 Å². The number of benzene rings is 2. The number of aromatic amines is 1. The summed E-state index contributed by atoms with van der Waals surface area (Å²) in [5.41, 5.74) is 3.26. The van der Waals surface area contributed by atoms with Gasteiger partial charge in [0.05, 0.1) is 11.9 Å². The highest BCUT2D eigenvalue weighted by Crippen LogP contribution is 2.24. The van der Waals surface area contributed by atoms with Crippen molar-refractivity contribution < 1.29 is 4.52 Å². The second-order valence-electron chi connectivity index (χ2n) is 5.58. The molecule has 0 spiro atoms. The monoisotopic (exact) mass is 328 g/mol. The summed E-state index contributed by atoms with van der Waals surface area (Å²) < 4.78 is 7.06. The average Bonchev–Trinajstić information content (AvgIpc) is 3.39. The van der Waals surface area contributed by atoms with Gasteiger partial charge in [-0.1, -0.05) is 46.8 Å². The molecule has 0 aliphatic heterocycles. The van der Waals surface area contributed by atoms with E-state index in [9.17, 15) is 0 Å². The van der Waals surface area contributed by atoms with Crippen molar-refractivity contribution in [1.82, 2.24) is 30.1 Å². The number of para-hydroxylation sites is 2. The lowest BCUT2D eigenvalue weighted by Crippen LogP contribution is -1.93. The van der Waals surface area contributed by atoms with Crippen LogP contribution >= 0.6 is 0 Å². The molecule has 7 nitrogen and oxygen atoms in total. The number of nitrogens with one attached hydrogen (secondary N) is 1. The average molecular weight is 328 g/mol. The topological polar surface area (TPSA) is 85.4 Å². The number of hydrogen-bond acceptors (Lipinski definition) is 5. The van der Waals surface area contributed by atoms with Crippen LogP contribution in [0.4, 0.5) is 0 Å². The van der Waals surface area contributed by atoms with E-state index in [1.165, 1.54) is 0 Å². The second-order valence-corrected chi connectivity index (χ2v) is 5.58. The van der Waals surface area contributed by atoms with Crippen LogP contribution in [0.1, 0.15) is 0 Å². The van der Waals surface area contributed by atoms with Crippen molar-refractivity contribution in [1.29, 1.82) is 0 Å². The summed E-state index contributed by atoms with van der Waals surface area (Å²) in [6.07, 6.45) is 1.77. The molecule has 0 aliphatic carbocycles. The molecule has 0 aliphatic rings. The molecule has 7 heteroatoms. The lowest BCUT2D eigenvalue weighted by atomic mass is 10.2. The van der Waals surface area contributed by atoms with Crippen molar-refractivity contribution in [2.24, 2.45) is 0 Å². The van der Waals surface area contributed by atoms with Crippen LogP contribution in [0.2, 0.25) is 0 Å². The molecule has 0 fully saturated rings. The summed E-state index contributed by atoms with van der Waals surface area (Å²) >= 11 is 0. The van der Waals surface area contributed by atoms with Crippen molar-refractivity contribution in [2.75, 3.05) is 0 Å². The number of H-pyrrole nitrogens is 1. The molecular formula is C18H12N6O. The van der Waals surface area contributed by atoms with Crippen molar-refractivity contribution in [3.63, 3.8) is 0 Å². The molecule has 5 rings (SSSR count). The third-order valence-electron chi connectivity index (χ3n) is 3.93. The van der Waals surface area contributed by atoms with Gasteiger partial charge in [-0.05, 0) is 24.3 Å². The molecule has 5 aromatic rings. The minimum Gasteiger partial charge on any atom is -0.351 e. The van der Waals surface area contributed by atoms with Gasteiger partial charge in [-0.25, -0.2) is 4.68 Å². The number of fused-ring (bicyclic) bond motifs is 1. The maximum absolute atomic E-state index is 5.38. The van der Waals surface area contributed by atoms with Gasteiger partial charge < -0.3 is 9.51 Å². The molecule has 0 saturated carbocycles. The molecule has 0 saturated heterocycles. The van der Waals surface area contributed by atoms with Gasteiger partial charge in [-0.15, -0.1) is 5.10 Å². The van der Waals surface area contributed by atoms with Gasteiger partial charge in [0.1, 0.15) is 5.69 Å². The Bertz CT molecular complexity index is 1120. The lowest BCUT2D eigenvalue weighted by Gasteiger charge is -1.96. The SMILES string of the molecule is c1ccc(-n2cc(-c3noc(-c4cc5ccccc5[nH]4)n3)nn2)cc1. The summed E-state index contributed by atoms with van der Waals surface area (Å²) in [5.74, 6) is 0.816. The van der Waals surface area contributed by atoms with E-state index in [-0.39, 0.29) is 0 Å². The Kier molecular flexibility index (Phi) is 2.96. The first-order chi connectivity index (χ1) is 12.4. The predicted molar refractivity (Wildman–Crippen MR) is 91.9 cm³/mol. The molecule has 120 valence electrons. The predicted octanol–water partition coefficient (Wildman–Crippen LogP) is 3.47. The fourth-order valence-corrected chi connectivity index (χ4v) is 2.70. The summed E-state index contributed by atoms with van der Waals surface area (Å²) in [4.78, 5) is 7.70. The fraction of sp³-hybridized carbons (Fsp3) is 0. The first-order valence-corrected chi connectivity index (χ1v) is 7.77. The third kappa shape index (κ3) is 2.38. The van der Waals surface area contributed by atoms with E-state index in [4.69, 9.17) is 4.52 Å². The smallest absolute Gasteiger partial charge is 0.274 e. The molecule has 0 unspecified atom stereocenters. The Labute approximate surface area is 141 Å². The van der Waals surface area contributed by atoms with Gasteiger partial charge in [-0.2, -0.15) is 4.98 Å². The largest absolute Gasteiger partial charge is 0.351 e. The highest BCUT2D eigenvalue weighted by molar-refractivity contribution is 5.84. The number of rotatable bonds is 3. The van der Waals surface area contributed by atoms with Crippen LogP contribution in [0.5, 0.6) is 0 Å². The molecule has 2 aromatic carbocycles. The van der Waals surface area contributed by atoms with Crippen LogP contribution in [-0.2, 0) is 0 Å². The van der Waals surface area contributed by atoms with Crippen molar-refractivity contribution in [3.05, 3.63) is 66.9 Å². The fourth-order valence-electron chi connectivity index (χ4n) is 2.70. The Morgan fingerprint density at radius 2 is 1.80 bits per heavy atom. The summed E-state index contributed by atoms with van der Waals surface area (Å²) in [7, 11) is 0. The van der Waals surface area contributed by atoms with Gasteiger partial charge in [0.15, 0.2) is 5.69 Å². The Hall–Kier alpha value is -3.74. The van der Waals surface area contributed by atoms with Crippen LogP contribution < -0.4 is 0 Å². The van der Waals surface area contributed by atoms with Crippen LogP contribution in [0.3, 0.4) is 0 Å². The zero-order valence-electron chi connectivity index (χ0n) is 13.0. The minimum absolute atomic E-state index is 0.399. The number of aromatic nitrogens is 6. The molecular weight excluding hydrogens is 316 g/mol.